The maximum atomic E-state index is 6.75. The molecule has 5 aromatic rings. The summed E-state index contributed by atoms with van der Waals surface area (Å²) in [7, 11) is 0. The van der Waals surface area contributed by atoms with Crippen LogP contribution in [0.5, 0.6) is 0 Å². The molecule has 2 N–H and O–H groups in total. The number of aryl methyl sites for hydroxylation is 4. The Kier molecular flexibility index (Phi) is 6.91. The van der Waals surface area contributed by atoms with Gasteiger partial charge in [-0.2, -0.15) is 0 Å². The zero-order valence-electron chi connectivity index (χ0n) is 24.2. The zero-order valence-corrected chi connectivity index (χ0v) is 24.2. The van der Waals surface area contributed by atoms with E-state index in [9.17, 15) is 0 Å². The number of anilines is 1. The van der Waals surface area contributed by atoms with E-state index in [1.807, 2.05) is 0 Å². The molecule has 0 bridgehead atoms. The lowest BCUT2D eigenvalue weighted by atomic mass is 9.86. The predicted molar refractivity (Wildman–Crippen MR) is 168 cm³/mol. The van der Waals surface area contributed by atoms with Crippen molar-refractivity contribution in [3.8, 4) is 44.8 Å². The topological polar surface area (TPSA) is 38.9 Å². The van der Waals surface area contributed by atoms with Crippen molar-refractivity contribution in [3.63, 3.8) is 0 Å². The lowest BCUT2D eigenvalue weighted by Crippen LogP contribution is -2.10. The Balaban J connectivity index is 1.63. The monoisotopic (exact) mass is 510 g/mol. The number of nitrogen functional groups attached to an aromatic ring is 1. The first kappa shape index (κ1) is 26.4. The summed E-state index contributed by atoms with van der Waals surface area (Å²) in [5.41, 5.74) is 22.5. The Morgan fingerprint density at radius 1 is 0.513 bits per heavy atom. The third kappa shape index (κ3) is 5.52. The van der Waals surface area contributed by atoms with Gasteiger partial charge in [-0.25, -0.2) is 4.98 Å². The fourth-order valence-electron chi connectivity index (χ4n) is 5.33. The highest BCUT2D eigenvalue weighted by Crippen LogP contribution is 2.37. The van der Waals surface area contributed by atoms with Crippen molar-refractivity contribution in [1.82, 2.24) is 4.98 Å². The Morgan fingerprint density at radius 2 is 1.00 bits per heavy atom. The number of aromatic nitrogens is 1. The molecule has 0 spiro atoms. The number of hydrogen-bond acceptors (Lipinski definition) is 2. The summed E-state index contributed by atoms with van der Waals surface area (Å²) in [6.07, 6.45) is 0. The largest absolute Gasteiger partial charge is 0.398 e. The molecule has 0 unspecified atom stereocenters. The summed E-state index contributed by atoms with van der Waals surface area (Å²) in [4.78, 5) is 5.16. The van der Waals surface area contributed by atoms with Crippen molar-refractivity contribution in [2.75, 3.05) is 5.73 Å². The van der Waals surface area contributed by atoms with Crippen LogP contribution in [0.1, 0.15) is 48.6 Å². The van der Waals surface area contributed by atoms with Crippen molar-refractivity contribution in [1.29, 1.82) is 0 Å². The van der Waals surface area contributed by atoms with E-state index in [0.717, 1.165) is 44.9 Å². The van der Waals surface area contributed by atoms with Crippen LogP contribution in [0.4, 0.5) is 5.69 Å². The number of rotatable bonds is 4. The molecule has 0 aliphatic carbocycles. The van der Waals surface area contributed by atoms with E-state index in [1.54, 1.807) is 0 Å². The Labute approximate surface area is 233 Å². The van der Waals surface area contributed by atoms with Gasteiger partial charge >= 0.3 is 0 Å². The molecular weight excluding hydrogens is 472 g/mol. The van der Waals surface area contributed by atoms with E-state index < -0.39 is 0 Å². The van der Waals surface area contributed by atoms with Crippen molar-refractivity contribution in [3.05, 3.63) is 119 Å². The zero-order chi connectivity index (χ0) is 27.9. The molecular formula is C37H38N2. The summed E-state index contributed by atoms with van der Waals surface area (Å²) >= 11 is 0. The lowest BCUT2D eigenvalue weighted by molar-refractivity contribution is 0.590. The molecule has 4 aromatic carbocycles. The van der Waals surface area contributed by atoms with Crippen molar-refractivity contribution in [2.24, 2.45) is 0 Å². The van der Waals surface area contributed by atoms with Crippen LogP contribution in [-0.2, 0) is 5.41 Å². The van der Waals surface area contributed by atoms with Gasteiger partial charge in [0.25, 0.3) is 0 Å². The van der Waals surface area contributed by atoms with Gasteiger partial charge in [0.05, 0.1) is 11.4 Å². The third-order valence-corrected chi connectivity index (χ3v) is 7.59. The number of hydrogen-bond donors (Lipinski definition) is 1. The molecule has 2 heteroatoms. The molecule has 0 atom stereocenters. The number of nitrogens with zero attached hydrogens (tertiary/aromatic N) is 1. The molecule has 0 aliphatic heterocycles. The summed E-state index contributed by atoms with van der Waals surface area (Å²) in [6.45, 7) is 15.3. The van der Waals surface area contributed by atoms with Gasteiger partial charge in [-0.1, -0.05) is 105 Å². The van der Waals surface area contributed by atoms with Crippen LogP contribution < -0.4 is 5.73 Å². The first-order chi connectivity index (χ1) is 18.5. The highest BCUT2D eigenvalue weighted by Gasteiger charge is 2.15. The van der Waals surface area contributed by atoms with Crippen LogP contribution in [0.3, 0.4) is 0 Å². The van der Waals surface area contributed by atoms with Crippen LogP contribution >= 0.6 is 0 Å². The van der Waals surface area contributed by atoms with Crippen molar-refractivity contribution >= 4 is 5.69 Å². The van der Waals surface area contributed by atoms with E-state index in [0.29, 0.717) is 0 Å². The second kappa shape index (κ2) is 10.2. The average Bonchev–Trinajstić information content (AvgIpc) is 2.88. The standard InChI is InChI=1S/C37H38N2/c1-23-8-15-31(25(3)18-23)35-21-29(22-36(39-35)32-16-9-24(2)19-26(32)4)33-17-12-28(20-34(33)38)27-10-13-30(14-11-27)37(5,6)7/h8-22H,38H2,1-7H3. The van der Waals surface area contributed by atoms with Gasteiger partial charge in [0.2, 0.25) is 0 Å². The molecule has 0 saturated heterocycles. The first-order valence-electron chi connectivity index (χ1n) is 13.7. The van der Waals surface area contributed by atoms with Crippen LogP contribution in [-0.4, -0.2) is 4.98 Å². The minimum atomic E-state index is 0.129. The summed E-state index contributed by atoms with van der Waals surface area (Å²) < 4.78 is 0. The van der Waals surface area contributed by atoms with Gasteiger partial charge in [-0.3, -0.25) is 0 Å². The molecule has 0 saturated carbocycles. The van der Waals surface area contributed by atoms with E-state index >= 15 is 0 Å². The van der Waals surface area contributed by atoms with Crippen LogP contribution in [0.15, 0.2) is 91.0 Å². The Hall–Kier alpha value is -4.17. The van der Waals surface area contributed by atoms with Gasteiger partial charge in [0.1, 0.15) is 0 Å². The highest BCUT2D eigenvalue weighted by atomic mass is 14.7. The second-order valence-electron chi connectivity index (χ2n) is 11.9. The van der Waals surface area contributed by atoms with Gasteiger partial charge in [0, 0.05) is 22.4 Å². The van der Waals surface area contributed by atoms with E-state index in [-0.39, 0.29) is 5.41 Å². The molecule has 0 radical (unpaired) electrons. The van der Waals surface area contributed by atoms with Crippen LogP contribution in [0.2, 0.25) is 0 Å². The fraction of sp³-hybridized carbons (Fsp3) is 0.216. The second-order valence-corrected chi connectivity index (χ2v) is 11.9. The Bertz CT molecular complexity index is 1600. The van der Waals surface area contributed by atoms with Gasteiger partial charge in [-0.05, 0) is 84.7 Å². The maximum Gasteiger partial charge on any atom is 0.0718 e. The molecule has 1 heterocycles. The predicted octanol–water partition coefficient (Wildman–Crippen LogP) is 9.86. The number of pyridine rings is 1. The maximum absolute atomic E-state index is 6.75. The first-order valence-corrected chi connectivity index (χ1v) is 13.7. The Morgan fingerprint density at radius 3 is 1.46 bits per heavy atom. The molecule has 196 valence electrons. The van der Waals surface area contributed by atoms with E-state index in [1.165, 1.54) is 33.4 Å². The molecule has 5 rings (SSSR count). The number of benzene rings is 4. The SMILES string of the molecule is Cc1ccc(-c2cc(-c3ccc(-c4ccc(C(C)(C)C)cc4)cc3N)cc(-c3ccc(C)cc3C)n2)c(C)c1. The summed E-state index contributed by atoms with van der Waals surface area (Å²) in [6, 6.07) is 32.7. The molecule has 1 aromatic heterocycles. The molecule has 39 heavy (non-hydrogen) atoms. The minimum Gasteiger partial charge on any atom is -0.398 e. The molecule has 2 nitrogen and oxygen atoms in total. The lowest BCUT2D eigenvalue weighted by Gasteiger charge is -2.19. The normalized spacial score (nSPS) is 11.6. The van der Waals surface area contributed by atoms with Crippen LogP contribution in [0.25, 0.3) is 44.8 Å². The summed E-state index contributed by atoms with van der Waals surface area (Å²) in [5.74, 6) is 0. The molecule has 0 amide bonds. The van der Waals surface area contributed by atoms with Gasteiger partial charge < -0.3 is 5.73 Å². The van der Waals surface area contributed by atoms with E-state index in [2.05, 4.69) is 139 Å². The smallest absolute Gasteiger partial charge is 0.0718 e. The van der Waals surface area contributed by atoms with Gasteiger partial charge in [-0.15, -0.1) is 0 Å². The van der Waals surface area contributed by atoms with Crippen LogP contribution in [0, 0.1) is 27.7 Å². The molecule has 0 aliphatic rings. The third-order valence-electron chi connectivity index (χ3n) is 7.59. The highest BCUT2D eigenvalue weighted by molar-refractivity contribution is 5.85. The average molecular weight is 511 g/mol. The van der Waals surface area contributed by atoms with Crippen molar-refractivity contribution in [2.45, 2.75) is 53.9 Å². The molecule has 0 fully saturated rings. The minimum absolute atomic E-state index is 0.129. The number of nitrogens with two attached hydrogens (primary N) is 1. The quantitative estimate of drug-likeness (QED) is 0.244. The van der Waals surface area contributed by atoms with Gasteiger partial charge in [0.15, 0.2) is 0 Å². The van der Waals surface area contributed by atoms with Crippen molar-refractivity contribution < 1.29 is 0 Å². The summed E-state index contributed by atoms with van der Waals surface area (Å²) in [5, 5.41) is 0. The fourth-order valence-corrected chi connectivity index (χ4v) is 5.33. The van der Waals surface area contributed by atoms with E-state index in [4.69, 9.17) is 10.7 Å².